The molecule has 6 heteroatoms. The van der Waals surface area contributed by atoms with Crippen molar-refractivity contribution in [2.75, 3.05) is 12.4 Å². The predicted molar refractivity (Wildman–Crippen MR) is 84.2 cm³/mol. The summed E-state index contributed by atoms with van der Waals surface area (Å²) in [5, 5.41) is 0.769. The molecule has 0 bridgehead atoms. The average Bonchev–Trinajstić information content (AvgIpc) is 2.95. The Hall–Kier alpha value is -0.590. The van der Waals surface area contributed by atoms with E-state index in [4.69, 9.17) is 14.5 Å². The van der Waals surface area contributed by atoms with E-state index in [2.05, 4.69) is 13.2 Å². The molecular weight excluding hydrogens is 296 g/mol. The molecule has 0 amide bonds. The van der Waals surface area contributed by atoms with Gasteiger partial charge in [-0.05, 0) is 26.2 Å². The van der Waals surface area contributed by atoms with Crippen LogP contribution < -0.4 is 0 Å². The first-order valence-electron chi connectivity index (χ1n) is 6.70. The van der Waals surface area contributed by atoms with Crippen molar-refractivity contribution in [3.05, 3.63) is 25.0 Å². The smallest absolute Gasteiger partial charge is 0.330 e. The molecule has 0 aromatic carbocycles. The minimum atomic E-state index is -0.466. The molecule has 0 spiro atoms. The number of rotatable bonds is 10. The lowest BCUT2D eigenvalue weighted by Gasteiger charge is -2.14. The molecule has 1 aliphatic rings. The second kappa shape index (κ2) is 10.2. The molecule has 1 saturated heterocycles. The fourth-order valence-electron chi connectivity index (χ4n) is 1.57. The first kappa shape index (κ1) is 17.5. The van der Waals surface area contributed by atoms with Gasteiger partial charge in [-0.2, -0.15) is 4.89 Å². The molecule has 2 atom stereocenters. The maximum absolute atomic E-state index is 10.9. The number of esters is 1. The molecule has 1 fully saturated rings. The van der Waals surface area contributed by atoms with Gasteiger partial charge in [-0.15, -0.1) is 0 Å². The van der Waals surface area contributed by atoms with Gasteiger partial charge < -0.3 is 9.62 Å². The fourth-order valence-corrected chi connectivity index (χ4v) is 4.60. The van der Waals surface area contributed by atoms with E-state index in [-0.39, 0.29) is 12.7 Å². The molecule has 0 aliphatic carbocycles. The van der Waals surface area contributed by atoms with Crippen molar-refractivity contribution in [3.63, 3.8) is 0 Å². The lowest BCUT2D eigenvalue weighted by atomic mass is 10.1. The quantitative estimate of drug-likeness (QED) is 0.152. The summed E-state index contributed by atoms with van der Waals surface area (Å²) in [6.07, 6.45) is 5.11. The van der Waals surface area contributed by atoms with Gasteiger partial charge in [0.25, 0.3) is 0 Å². The van der Waals surface area contributed by atoms with Crippen LogP contribution in [0.3, 0.4) is 0 Å². The first-order valence-corrected chi connectivity index (χ1v) is 9.08. The highest BCUT2D eigenvalue weighted by Crippen LogP contribution is 2.40. The Bertz CT molecular complexity index is 327. The molecule has 0 radical (unpaired) electrons. The van der Waals surface area contributed by atoms with Crippen LogP contribution in [0, 0.1) is 0 Å². The zero-order chi connectivity index (χ0) is 14.8. The van der Waals surface area contributed by atoms with Crippen LogP contribution >= 0.6 is 21.6 Å². The summed E-state index contributed by atoms with van der Waals surface area (Å²) < 4.78 is 4.84. The van der Waals surface area contributed by atoms with E-state index in [0.29, 0.717) is 5.76 Å². The molecule has 0 N–H and O–H groups in total. The summed E-state index contributed by atoms with van der Waals surface area (Å²) in [7, 11) is 3.94. The van der Waals surface area contributed by atoms with E-state index in [1.807, 2.05) is 21.6 Å². The zero-order valence-corrected chi connectivity index (χ0v) is 13.5. The third-order valence-corrected chi connectivity index (χ3v) is 5.67. The van der Waals surface area contributed by atoms with Crippen molar-refractivity contribution in [1.29, 1.82) is 0 Å². The van der Waals surface area contributed by atoms with Crippen LogP contribution in [-0.2, 0) is 19.3 Å². The third-order valence-electron chi connectivity index (χ3n) is 2.67. The Morgan fingerprint density at radius 2 is 2.35 bits per heavy atom. The largest absolute Gasteiger partial charge is 0.460 e. The second-order valence-corrected chi connectivity index (χ2v) is 7.37. The summed E-state index contributed by atoms with van der Waals surface area (Å²) >= 11 is 0. The van der Waals surface area contributed by atoms with Crippen molar-refractivity contribution in [3.8, 4) is 0 Å². The van der Waals surface area contributed by atoms with Crippen LogP contribution in [-0.4, -0.2) is 29.7 Å². The number of allylic oxidation sites excluding steroid dienone is 1. The third kappa shape index (κ3) is 7.87. The van der Waals surface area contributed by atoms with E-state index in [1.165, 1.54) is 18.6 Å². The van der Waals surface area contributed by atoms with Gasteiger partial charge in [-0.3, -0.25) is 0 Å². The zero-order valence-electron chi connectivity index (χ0n) is 11.8. The summed E-state index contributed by atoms with van der Waals surface area (Å²) in [6.45, 7) is 9.03. The Morgan fingerprint density at radius 3 is 3.00 bits per heavy atom. The number of carbonyl (C=O) groups is 1. The van der Waals surface area contributed by atoms with Crippen molar-refractivity contribution >= 4 is 27.6 Å². The topological polar surface area (TPSA) is 44.8 Å². The normalized spacial score (nSPS) is 19.4. The molecule has 1 heterocycles. The van der Waals surface area contributed by atoms with Crippen molar-refractivity contribution in [1.82, 2.24) is 0 Å². The maximum Gasteiger partial charge on any atom is 0.330 e. The molecule has 114 valence electrons. The Morgan fingerprint density at radius 1 is 1.55 bits per heavy atom. The van der Waals surface area contributed by atoms with Gasteiger partial charge in [0.2, 0.25) is 0 Å². The van der Waals surface area contributed by atoms with Crippen LogP contribution in [0.5, 0.6) is 0 Å². The maximum atomic E-state index is 10.9. The van der Waals surface area contributed by atoms with E-state index >= 15 is 0 Å². The van der Waals surface area contributed by atoms with E-state index in [9.17, 15) is 4.79 Å². The van der Waals surface area contributed by atoms with Gasteiger partial charge in [0, 0.05) is 23.5 Å². The van der Waals surface area contributed by atoms with Gasteiger partial charge in [0.15, 0.2) is 0 Å². The van der Waals surface area contributed by atoms with Gasteiger partial charge in [-0.1, -0.05) is 34.7 Å². The number of ether oxygens (including phenoxy) is 1. The molecule has 0 aromatic rings. The summed E-state index contributed by atoms with van der Waals surface area (Å²) in [6, 6.07) is 0. The van der Waals surface area contributed by atoms with Gasteiger partial charge >= 0.3 is 5.97 Å². The van der Waals surface area contributed by atoms with Crippen LogP contribution in [0.25, 0.3) is 0 Å². The lowest BCUT2D eigenvalue weighted by Crippen LogP contribution is -2.18. The number of hydrogen-bond donors (Lipinski definition) is 0. The minimum absolute atomic E-state index is 0.133. The lowest BCUT2D eigenvalue weighted by molar-refractivity contribution is -0.297. The molecule has 1 rings (SSSR count). The van der Waals surface area contributed by atoms with Gasteiger partial charge in [0.1, 0.15) is 18.5 Å². The standard InChI is InChI=1S/C14H22O4S2/c1-4-14(15)16-10-12(3)18-17-11(2)6-5-7-13-8-9-19-20-13/h4,12-13H,1-2,5-10H2,3H3. The highest BCUT2D eigenvalue weighted by atomic mass is 33.1. The molecule has 20 heavy (non-hydrogen) atoms. The monoisotopic (exact) mass is 318 g/mol. The molecule has 0 saturated carbocycles. The van der Waals surface area contributed by atoms with Gasteiger partial charge in [-0.25, -0.2) is 4.79 Å². The predicted octanol–water partition coefficient (Wildman–Crippen LogP) is 3.89. The van der Waals surface area contributed by atoms with Crippen molar-refractivity contribution in [2.45, 2.75) is 44.0 Å². The molecule has 1 aliphatic heterocycles. The van der Waals surface area contributed by atoms with E-state index in [0.717, 1.165) is 24.2 Å². The second-order valence-electron chi connectivity index (χ2n) is 4.58. The number of hydrogen-bond acceptors (Lipinski definition) is 6. The highest BCUT2D eigenvalue weighted by Gasteiger charge is 2.16. The summed E-state index contributed by atoms with van der Waals surface area (Å²) in [5.74, 6) is 1.41. The summed E-state index contributed by atoms with van der Waals surface area (Å²) in [5.41, 5.74) is 0. The molecule has 2 unspecified atom stereocenters. The molecule has 4 nitrogen and oxygen atoms in total. The molecular formula is C14H22O4S2. The van der Waals surface area contributed by atoms with Crippen LogP contribution in [0.4, 0.5) is 0 Å². The highest BCUT2D eigenvalue weighted by molar-refractivity contribution is 8.77. The van der Waals surface area contributed by atoms with Crippen molar-refractivity contribution in [2.24, 2.45) is 0 Å². The summed E-state index contributed by atoms with van der Waals surface area (Å²) in [4.78, 5) is 21.1. The van der Waals surface area contributed by atoms with Crippen molar-refractivity contribution < 1.29 is 19.3 Å². The number of carbonyl (C=O) groups excluding carboxylic acids is 1. The Balaban J connectivity index is 2.00. The van der Waals surface area contributed by atoms with Crippen LogP contribution in [0.15, 0.2) is 25.0 Å². The van der Waals surface area contributed by atoms with Crippen LogP contribution in [0.1, 0.15) is 32.6 Å². The Kier molecular flexibility index (Phi) is 8.89. The van der Waals surface area contributed by atoms with E-state index in [1.54, 1.807) is 6.92 Å². The first-order chi connectivity index (χ1) is 9.61. The fraction of sp³-hybridized carbons (Fsp3) is 0.643. The minimum Gasteiger partial charge on any atom is -0.460 e. The molecule has 0 aromatic heterocycles. The SMILES string of the molecule is C=CC(=O)OCC(C)OOC(=C)CCCC1CCSS1. The van der Waals surface area contributed by atoms with Gasteiger partial charge in [0.05, 0.1) is 0 Å². The van der Waals surface area contributed by atoms with E-state index < -0.39 is 5.97 Å². The average molecular weight is 318 g/mol. The van der Waals surface area contributed by atoms with Crippen LogP contribution in [0.2, 0.25) is 0 Å². The Labute approximate surface area is 128 Å².